The summed E-state index contributed by atoms with van der Waals surface area (Å²) in [6.45, 7) is 4.08. The average molecular weight is 310 g/mol. The van der Waals surface area contributed by atoms with Crippen molar-refractivity contribution in [1.82, 2.24) is 0 Å². The zero-order valence-electron chi connectivity index (χ0n) is 13.1. The summed E-state index contributed by atoms with van der Waals surface area (Å²) in [6, 6.07) is 5.99. The molecule has 0 amide bonds. The molecule has 3 aliphatic carbocycles. The summed E-state index contributed by atoms with van der Waals surface area (Å²) >= 11 is 0. The maximum Gasteiger partial charge on any atom is 0.186 e. The van der Waals surface area contributed by atoms with Crippen LogP contribution < -0.4 is 0 Å². The molecule has 0 N–H and O–H groups in total. The molecule has 2 heterocycles. The van der Waals surface area contributed by atoms with Crippen LogP contribution in [0.4, 0.5) is 0 Å². The molecule has 0 spiro atoms. The average Bonchev–Trinajstić information content (AvgIpc) is 3.43. The molecule has 4 nitrogen and oxygen atoms in total. The van der Waals surface area contributed by atoms with Gasteiger partial charge in [0.2, 0.25) is 0 Å². The van der Waals surface area contributed by atoms with Crippen molar-refractivity contribution in [3.8, 4) is 0 Å². The molecule has 2 saturated heterocycles. The number of fused-ring (bicyclic) bond motifs is 9. The van der Waals surface area contributed by atoms with Gasteiger partial charge >= 0.3 is 0 Å². The molecule has 6 rings (SSSR count). The number of aryl methyl sites for hydroxylation is 2. The van der Waals surface area contributed by atoms with Gasteiger partial charge in [0.1, 0.15) is 0 Å². The Balaban J connectivity index is 1.47. The number of carbonyl (C=O) groups is 2. The molecular weight excluding hydrogens is 292 g/mol. The van der Waals surface area contributed by atoms with Gasteiger partial charge in [0.15, 0.2) is 23.3 Å². The number of hydrogen-bond donors (Lipinski definition) is 0. The number of epoxide rings is 2. The zero-order chi connectivity index (χ0) is 15.7. The van der Waals surface area contributed by atoms with Crippen molar-refractivity contribution >= 4 is 11.6 Å². The number of Topliss-reactive ketones (excluding diaryl/α,β-unsaturated/α-hetero) is 2. The highest BCUT2D eigenvalue weighted by atomic mass is 16.6. The molecule has 1 aromatic carbocycles. The molecule has 5 fully saturated rings. The zero-order valence-corrected chi connectivity index (χ0v) is 13.1. The van der Waals surface area contributed by atoms with E-state index in [-0.39, 0.29) is 47.4 Å². The second-order valence-electron chi connectivity index (χ2n) is 7.98. The highest BCUT2D eigenvalue weighted by Gasteiger charge is 2.81. The van der Waals surface area contributed by atoms with Crippen molar-refractivity contribution in [1.29, 1.82) is 0 Å². The first-order chi connectivity index (χ1) is 11.0. The summed E-state index contributed by atoms with van der Waals surface area (Å²) in [5.41, 5.74) is 2.18. The van der Waals surface area contributed by atoms with Crippen LogP contribution in [-0.2, 0) is 24.7 Å². The minimum Gasteiger partial charge on any atom is -0.369 e. The fraction of sp³-hybridized carbons (Fsp3) is 0.579. The number of ketones is 2. The van der Waals surface area contributed by atoms with Crippen LogP contribution in [-0.4, -0.2) is 29.9 Å². The number of ether oxygens (including phenoxy) is 2. The first-order valence-electron chi connectivity index (χ1n) is 8.53. The van der Waals surface area contributed by atoms with Crippen LogP contribution in [0, 0.1) is 37.5 Å². The fourth-order valence-corrected chi connectivity index (χ4v) is 5.74. The Morgan fingerprint density at radius 3 is 2.52 bits per heavy atom. The number of benzene rings is 1. The van der Waals surface area contributed by atoms with E-state index in [1.165, 1.54) is 5.56 Å². The second-order valence-corrected chi connectivity index (χ2v) is 7.98. The number of rotatable bonds is 1. The summed E-state index contributed by atoms with van der Waals surface area (Å²) in [6.07, 6.45) is 0.892. The molecule has 118 valence electrons. The van der Waals surface area contributed by atoms with Gasteiger partial charge in [0.05, 0.1) is 12.2 Å². The van der Waals surface area contributed by atoms with Crippen LogP contribution in [0.25, 0.3) is 0 Å². The fourth-order valence-electron chi connectivity index (χ4n) is 5.74. The standard InChI is InChI=1S/C19H18O4/c1-7-3-4-9(5-8(7)2)19-17(21)13-11-6-10(15-16(11)22-15)12(13)14(20)18(19)23-19/h3-5,10-13,15-16,18H,6H2,1-2H3/t10-,11-,12+,13-,15+,16+,18-,19-/m0/s1. The summed E-state index contributed by atoms with van der Waals surface area (Å²) in [5.74, 6) is 0.444. The largest absolute Gasteiger partial charge is 0.369 e. The van der Waals surface area contributed by atoms with Crippen molar-refractivity contribution in [2.24, 2.45) is 23.7 Å². The predicted octanol–water partition coefficient (Wildman–Crippen LogP) is 1.70. The van der Waals surface area contributed by atoms with Crippen molar-refractivity contribution in [3.63, 3.8) is 0 Å². The molecule has 5 aliphatic rings. The van der Waals surface area contributed by atoms with E-state index in [0.29, 0.717) is 0 Å². The summed E-state index contributed by atoms with van der Waals surface area (Å²) in [7, 11) is 0. The molecule has 0 aromatic heterocycles. The van der Waals surface area contributed by atoms with E-state index in [1.807, 2.05) is 32.0 Å². The molecule has 3 saturated carbocycles. The van der Waals surface area contributed by atoms with Crippen LogP contribution in [0.5, 0.6) is 0 Å². The Labute approximate surface area is 134 Å². The predicted molar refractivity (Wildman–Crippen MR) is 79.7 cm³/mol. The highest BCUT2D eigenvalue weighted by Crippen LogP contribution is 2.68. The first-order valence-corrected chi connectivity index (χ1v) is 8.53. The number of carbonyl (C=O) groups excluding carboxylic acids is 2. The van der Waals surface area contributed by atoms with E-state index in [1.54, 1.807) is 0 Å². The Morgan fingerprint density at radius 2 is 1.78 bits per heavy atom. The van der Waals surface area contributed by atoms with E-state index >= 15 is 0 Å². The minimum atomic E-state index is -0.994. The molecule has 2 aliphatic heterocycles. The third-order valence-electron chi connectivity index (χ3n) is 7.07. The van der Waals surface area contributed by atoms with Gasteiger partial charge < -0.3 is 9.47 Å². The van der Waals surface area contributed by atoms with Crippen molar-refractivity contribution in [2.75, 3.05) is 0 Å². The maximum absolute atomic E-state index is 13.3. The van der Waals surface area contributed by atoms with Crippen LogP contribution in [0.3, 0.4) is 0 Å². The lowest BCUT2D eigenvalue weighted by atomic mass is 9.64. The van der Waals surface area contributed by atoms with E-state index < -0.39 is 11.7 Å². The van der Waals surface area contributed by atoms with E-state index in [9.17, 15) is 9.59 Å². The smallest absolute Gasteiger partial charge is 0.186 e. The molecule has 0 unspecified atom stereocenters. The molecule has 23 heavy (non-hydrogen) atoms. The van der Waals surface area contributed by atoms with Crippen molar-refractivity contribution in [3.05, 3.63) is 34.9 Å². The van der Waals surface area contributed by atoms with Crippen LogP contribution >= 0.6 is 0 Å². The lowest BCUT2D eigenvalue weighted by Crippen LogP contribution is -2.50. The summed E-state index contributed by atoms with van der Waals surface area (Å²) in [5, 5.41) is 0. The maximum atomic E-state index is 13.3. The molecule has 0 radical (unpaired) electrons. The third kappa shape index (κ3) is 1.26. The Bertz CT molecular complexity index is 799. The quantitative estimate of drug-likeness (QED) is 0.741. The van der Waals surface area contributed by atoms with Gasteiger partial charge in [0.25, 0.3) is 0 Å². The van der Waals surface area contributed by atoms with Gasteiger partial charge in [-0.1, -0.05) is 18.2 Å². The van der Waals surface area contributed by atoms with Crippen molar-refractivity contribution in [2.45, 2.75) is 44.2 Å². The lowest BCUT2D eigenvalue weighted by molar-refractivity contribution is -0.140. The van der Waals surface area contributed by atoms with Gasteiger partial charge in [0, 0.05) is 11.8 Å². The number of hydrogen-bond acceptors (Lipinski definition) is 4. The van der Waals surface area contributed by atoms with E-state index in [0.717, 1.165) is 17.5 Å². The second kappa shape index (κ2) is 3.60. The molecule has 1 aromatic rings. The van der Waals surface area contributed by atoms with Crippen LogP contribution in [0.1, 0.15) is 23.1 Å². The van der Waals surface area contributed by atoms with Crippen LogP contribution in [0.15, 0.2) is 18.2 Å². The molecule has 4 heteroatoms. The minimum absolute atomic E-state index is 0.136. The van der Waals surface area contributed by atoms with Gasteiger partial charge in [-0.3, -0.25) is 9.59 Å². The van der Waals surface area contributed by atoms with Crippen LogP contribution in [0.2, 0.25) is 0 Å². The Morgan fingerprint density at radius 1 is 1.04 bits per heavy atom. The molecule has 2 bridgehead atoms. The first kappa shape index (κ1) is 12.8. The van der Waals surface area contributed by atoms with Crippen molar-refractivity contribution < 1.29 is 19.1 Å². The van der Waals surface area contributed by atoms with Gasteiger partial charge in [-0.2, -0.15) is 0 Å². The lowest BCUT2D eigenvalue weighted by Gasteiger charge is -2.32. The topological polar surface area (TPSA) is 59.2 Å². The normalized spacial score (nSPS) is 51.3. The molecular formula is C19H18O4. The van der Waals surface area contributed by atoms with E-state index in [2.05, 4.69) is 0 Å². The van der Waals surface area contributed by atoms with E-state index in [4.69, 9.17) is 9.47 Å². The van der Waals surface area contributed by atoms with Gasteiger partial charge in [-0.25, -0.2) is 0 Å². The van der Waals surface area contributed by atoms with Gasteiger partial charge in [-0.05, 0) is 48.8 Å². The molecule has 8 atom stereocenters. The highest BCUT2D eigenvalue weighted by molar-refractivity contribution is 6.10. The SMILES string of the molecule is Cc1ccc([C@@]23O[C@H]2C(=O)[C@@H]2[C@@H]4C[C@H]([C@H]5O[C@H]45)[C@@H]2C3=O)cc1C. The third-order valence-corrected chi connectivity index (χ3v) is 7.07. The summed E-state index contributed by atoms with van der Waals surface area (Å²) in [4.78, 5) is 26.3. The Hall–Kier alpha value is -1.52. The monoisotopic (exact) mass is 310 g/mol. The summed E-state index contributed by atoms with van der Waals surface area (Å²) < 4.78 is 11.5. The Kier molecular flexibility index (Phi) is 2.01. The van der Waals surface area contributed by atoms with Gasteiger partial charge in [-0.15, -0.1) is 0 Å².